The Labute approximate surface area is 257 Å². The van der Waals surface area contributed by atoms with Gasteiger partial charge in [0.1, 0.15) is 85.5 Å². The molecule has 45 heavy (non-hydrogen) atoms. The van der Waals surface area contributed by atoms with Gasteiger partial charge in [-0.25, -0.2) is 0 Å². The summed E-state index contributed by atoms with van der Waals surface area (Å²) in [6, 6.07) is 0. The van der Waals surface area contributed by atoms with Gasteiger partial charge in [-0.15, -0.1) is 0 Å². The van der Waals surface area contributed by atoms with E-state index in [2.05, 4.69) is 0 Å². The molecular formula is C23H54O22. The molecule has 0 fully saturated rings. The van der Waals surface area contributed by atoms with Crippen LogP contribution < -0.4 is 0 Å². The number of hydrogen-bond acceptors (Lipinski definition) is 22. The zero-order valence-electron chi connectivity index (χ0n) is 24.4. The van der Waals surface area contributed by atoms with E-state index < -0.39 is 138 Å². The summed E-state index contributed by atoms with van der Waals surface area (Å²) in [7, 11) is 0. The fourth-order valence-corrected chi connectivity index (χ4v) is 2.44. The predicted octanol–water partition coefficient (Wildman–Crippen LogP) is -12.7. The third-order valence-corrected chi connectivity index (χ3v) is 5.61. The molecule has 0 amide bonds. The van der Waals surface area contributed by atoms with E-state index in [9.17, 15) is 0 Å². The normalized spacial score (nSPS) is 21.4. The molecule has 22 nitrogen and oxygen atoms in total. The maximum atomic E-state index is 8.96. The maximum absolute atomic E-state index is 8.96. The second kappa shape index (κ2) is 29.3. The predicted molar refractivity (Wildman–Crippen MR) is 145 cm³/mol. The van der Waals surface area contributed by atoms with E-state index in [1.807, 2.05) is 0 Å². The van der Waals surface area contributed by atoms with Gasteiger partial charge in [0.2, 0.25) is 0 Å². The van der Waals surface area contributed by atoms with Crippen molar-refractivity contribution >= 4 is 0 Å². The van der Waals surface area contributed by atoms with Gasteiger partial charge in [-0.05, 0) is 6.92 Å². The highest BCUT2D eigenvalue weighted by Gasteiger charge is 2.30. The van der Waals surface area contributed by atoms with Crippen molar-refractivity contribution in [3.8, 4) is 0 Å². The second-order valence-electron chi connectivity index (χ2n) is 9.42. The Hall–Kier alpha value is -0.880. The molecule has 0 heterocycles. The first-order chi connectivity index (χ1) is 20.7. The molecule has 0 aliphatic rings. The molecule has 0 rings (SSSR count). The molecule has 0 saturated heterocycles. The van der Waals surface area contributed by atoms with Crippen LogP contribution in [-0.4, -0.2) is 250 Å². The summed E-state index contributed by atoms with van der Waals surface area (Å²) in [6.07, 6.45) is -22.6. The van der Waals surface area contributed by atoms with Crippen molar-refractivity contribution in [3.63, 3.8) is 0 Å². The highest BCUT2D eigenvalue weighted by molar-refractivity contribution is 4.81. The first kappa shape index (κ1) is 51.0. The largest absolute Gasteiger partial charge is 0.394 e. The SMILES string of the molecule is C[C@@H](O)[C@@H](O)[C@H](O)[C@H](O)CO.OC[C@@H](O)C(O)[C@@H](O)CO.OC[C@@H](O)[C@@H](O)[C@H](O)[C@@H](O)CO.OC[C@@H](O)[C@@H](O)[C@H](O)[C@H](O)CO. The Kier molecular flexibility index (Phi) is 33.2. The average Bonchev–Trinajstić information content (AvgIpc) is 3.06. The van der Waals surface area contributed by atoms with Crippen molar-refractivity contribution in [2.24, 2.45) is 0 Å². The molecule has 0 radical (unpaired) electrons. The minimum atomic E-state index is -1.67. The molecular weight excluding hydrogens is 628 g/mol. The Balaban J connectivity index is -0.000000250. The van der Waals surface area contributed by atoms with Crippen LogP contribution >= 0.6 is 0 Å². The summed E-state index contributed by atoms with van der Waals surface area (Å²) in [4.78, 5) is 0. The molecule has 15 atom stereocenters. The molecule has 278 valence electrons. The van der Waals surface area contributed by atoms with Crippen molar-refractivity contribution < 1.29 is 112 Å². The van der Waals surface area contributed by atoms with E-state index in [-0.39, 0.29) is 0 Å². The lowest BCUT2D eigenvalue weighted by Gasteiger charge is -2.24. The van der Waals surface area contributed by atoms with Gasteiger partial charge in [0.25, 0.3) is 0 Å². The van der Waals surface area contributed by atoms with E-state index in [4.69, 9.17) is 112 Å². The Morgan fingerprint density at radius 1 is 0.244 bits per heavy atom. The average molecular weight is 683 g/mol. The summed E-state index contributed by atoms with van der Waals surface area (Å²) in [5.41, 5.74) is 0. The van der Waals surface area contributed by atoms with E-state index >= 15 is 0 Å². The summed E-state index contributed by atoms with van der Waals surface area (Å²) >= 11 is 0. The monoisotopic (exact) mass is 682 g/mol. The highest BCUT2D eigenvalue weighted by Crippen LogP contribution is 2.06. The van der Waals surface area contributed by atoms with Gasteiger partial charge < -0.3 is 112 Å². The number of aliphatic hydroxyl groups excluding tert-OH is 22. The molecule has 0 bridgehead atoms. The van der Waals surface area contributed by atoms with Crippen LogP contribution in [0.5, 0.6) is 0 Å². The molecule has 22 N–H and O–H groups in total. The summed E-state index contributed by atoms with van der Waals surface area (Å²) in [6.45, 7) is -3.56. The van der Waals surface area contributed by atoms with E-state index in [1.165, 1.54) is 6.92 Å². The van der Waals surface area contributed by atoms with Gasteiger partial charge in [-0.3, -0.25) is 0 Å². The zero-order valence-corrected chi connectivity index (χ0v) is 24.4. The van der Waals surface area contributed by atoms with Crippen LogP contribution in [0.15, 0.2) is 0 Å². The third-order valence-electron chi connectivity index (χ3n) is 5.61. The van der Waals surface area contributed by atoms with Gasteiger partial charge in [-0.1, -0.05) is 0 Å². The first-order valence-corrected chi connectivity index (χ1v) is 13.2. The molecule has 0 aromatic rings. The molecule has 0 aromatic heterocycles. The quantitative estimate of drug-likeness (QED) is 0.0637. The standard InChI is InChI=1S/2C6H14O6.C6H14O5.C5H12O5/c2*7-1-3(9)5(11)6(12)4(10)2-8;1-3(8)5(10)6(11)4(9)2-7;6-1-3(8)5(10)4(9)2-7/h2*3-12H,1-2H2;3-11H,2H2,1H3;3-10H,1-2H2/t3-,4+,5-,6-;2*3-,4-,5-,6-;3-,4+,5?/m111./s1. The molecule has 0 saturated carbocycles. The summed E-state index contributed by atoms with van der Waals surface area (Å²) in [5.74, 6) is 0. The van der Waals surface area contributed by atoms with Crippen LogP contribution in [0.25, 0.3) is 0 Å². The van der Waals surface area contributed by atoms with Gasteiger partial charge in [0, 0.05) is 0 Å². The van der Waals surface area contributed by atoms with Crippen molar-refractivity contribution in [2.45, 2.75) is 98.5 Å². The van der Waals surface area contributed by atoms with Crippen LogP contribution in [0.4, 0.5) is 0 Å². The Bertz CT molecular complexity index is 570. The van der Waals surface area contributed by atoms with Gasteiger partial charge >= 0.3 is 0 Å². The van der Waals surface area contributed by atoms with Gasteiger partial charge in [-0.2, -0.15) is 0 Å². The first-order valence-electron chi connectivity index (χ1n) is 13.2. The highest BCUT2D eigenvalue weighted by atomic mass is 16.4. The lowest BCUT2D eigenvalue weighted by atomic mass is 10.0. The smallest absolute Gasteiger partial charge is 0.111 e. The zero-order chi connectivity index (χ0) is 36.6. The number of aliphatic hydroxyl groups is 22. The summed E-state index contributed by atoms with van der Waals surface area (Å²) < 4.78 is 0. The van der Waals surface area contributed by atoms with Crippen molar-refractivity contribution in [3.05, 3.63) is 0 Å². The second-order valence-corrected chi connectivity index (χ2v) is 9.42. The van der Waals surface area contributed by atoms with Crippen LogP contribution in [-0.2, 0) is 0 Å². The lowest BCUT2D eigenvalue weighted by Crippen LogP contribution is -2.46. The molecule has 1 unspecified atom stereocenters. The van der Waals surface area contributed by atoms with Crippen molar-refractivity contribution in [1.29, 1.82) is 0 Å². The summed E-state index contributed by atoms with van der Waals surface area (Å²) in [5, 5.41) is 191. The van der Waals surface area contributed by atoms with Crippen LogP contribution in [0.2, 0.25) is 0 Å². The third kappa shape index (κ3) is 22.3. The van der Waals surface area contributed by atoms with Crippen LogP contribution in [0, 0.1) is 0 Å². The maximum Gasteiger partial charge on any atom is 0.111 e. The van der Waals surface area contributed by atoms with Crippen molar-refractivity contribution in [1.82, 2.24) is 0 Å². The molecule has 0 aliphatic heterocycles. The Morgan fingerprint density at radius 2 is 0.378 bits per heavy atom. The van der Waals surface area contributed by atoms with Crippen molar-refractivity contribution in [2.75, 3.05) is 46.2 Å². The molecule has 0 aromatic carbocycles. The van der Waals surface area contributed by atoms with E-state index in [0.29, 0.717) is 0 Å². The Morgan fingerprint density at radius 3 is 0.511 bits per heavy atom. The number of rotatable bonds is 18. The van der Waals surface area contributed by atoms with E-state index in [0.717, 1.165) is 0 Å². The minimum absolute atomic E-state index is 0.641. The van der Waals surface area contributed by atoms with E-state index in [1.54, 1.807) is 0 Å². The lowest BCUT2D eigenvalue weighted by molar-refractivity contribution is -0.123. The molecule has 0 spiro atoms. The van der Waals surface area contributed by atoms with Crippen LogP contribution in [0.1, 0.15) is 6.92 Å². The minimum Gasteiger partial charge on any atom is -0.394 e. The fourth-order valence-electron chi connectivity index (χ4n) is 2.44. The molecule has 0 aliphatic carbocycles. The number of hydrogen-bond donors (Lipinski definition) is 22. The van der Waals surface area contributed by atoms with Crippen LogP contribution in [0.3, 0.4) is 0 Å². The van der Waals surface area contributed by atoms with Gasteiger partial charge in [0.15, 0.2) is 0 Å². The topological polar surface area (TPSA) is 445 Å². The fraction of sp³-hybridized carbons (Fsp3) is 1.00. The van der Waals surface area contributed by atoms with Gasteiger partial charge in [0.05, 0.1) is 52.4 Å². The molecule has 22 heteroatoms.